The van der Waals surface area contributed by atoms with Crippen LogP contribution in [0.5, 0.6) is 0 Å². The summed E-state index contributed by atoms with van der Waals surface area (Å²) in [5, 5.41) is 0. The van der Waals surface area contributed by atoms with Crippen LogP contribution in [0.15, 0.2) is 11.6 Å². The lowest BCUT2D eigenvalue weighted by atomic mass is 9.80. The van der Waals surface area contributed by atoms with Crippen molar-refractivity contribution in [2.75, 3.05) is 52.4 Å². The Morgan fingerprint density at radius 2 is 1.82 bits per heavy atom. The van der Waals surface area contributed by atoms with E-state index in [0.29, 0.717) is 0 Å². The average Bonchev–Trinajstić information content (AvgIpc) is 3.00. The second-order valence-corrected chi connectivity index (χ2v) is 7.78. The van der Waals surface area contributed by atoms with Crippen LogP contribution in [-0.4, -0.2) is 73.1 Å². The molecule has 126 valence electrons. The van der Waals surface area contributed by atoms with Crippen molar-refractivity contribution in [2.45, 2.75) is 46.1 Å². The van der Waals surface area contributed by atoms with Crippen LogP contribution in [0.3, 0.4) is 0 Å². The molecule has 3 aliphatic rings. The molecule has 3 unspecified atom stereocenters. The lowest BCUT2D eigenvalue weighted by Crippen LogP contribution is -2.51. The SMILES string of the molecule is CCN1CCN(C2CCN(CC3C(C)=CCCC3C)C2)CC1. The third-order valence-corrected chi connectivity index (χ3v) is 6.43. The van der Waals surface area contributed by atoms with Crippen LogP contribution in [-0.2, 0) is 0 Å². The van der Waals surface area contributed by atoms with Crippen LogP contribution in [0.1, 0.15) is 40.0 Å². The molecule has 3 heteroatoms. The highest BCUT2D eigenvalue weighted by molar-refractivity contribution is 5.09. The van der Waals surface area contributed by atoms with Crippen molar-refractivity contribution in [3.8, 4) is 0 Å². The quantitative estimate of drug-likeness (QED) is 0.740. The Balaban J connectivity index is 1.48. The maximum Gasteiger partial charge on any atom is 0.0236 e. The topological polar surface area (TPSA) is 9.72 Å². The van der Waals surface area contributed by atoms with E-state index in [1.807, 2.05) is 0 Å². The van der Waals surface area contributed by atoms with Crippen LogP contribution < -0.4 is 0 Å². The molecule has 2 heterocycles. The summed E-state index contributed by atoms with van der Waals surface area (Å²) < 4.78 is 0. The molecule has 0 saturated carbocycles. The normalized spacial score (nSPS) is 35.8. The van der Waals surface area contributed by atoms with Crippen molar-refractivity contribution in [3.05, 3.63) is 11.6 Å². The molecule has 2 saturated heterocycles. The highest BCUT2D eigenvalue weighted by Crippen LogP contribution is 2.32. The molecule has 3 atom stereocenters. The van der Waals surface area contributed by atoms with Gasteiger partial charge < -0.3 is 9.80 Å². The van der Waals surface area contributed by atoms with E-state index >= 15 is 0 Å². The number of hydrogen-bond donors (Lipinski definition) is 0. The predicted octanol–water partition coefficient (Wildman–Crippen LogP) is 2.69. The Labute approximate surface area is 137 Å². The van der Waals surface area contributed by atoms with Crippen LogP contribution in [0, 0.1) is 11.8 Å². The van der Waals surface area contributed by atoms with E-state index < -0.39 is 0 Å². The molecule has 0 aromatic heterocycles. The Hall–Kier alpha value is -0.380. The zero-order chi connectivity index (χ0) is 15.5. The maximum atomic E-state index is 2.76. The molecule has 0 bridgehead atoms. The standard InChI is InChI=1S/C19H35N3/c1-4-20-10-12-22(13-11-20)18-8-9-21(14-18)15-19-16(2)6-5-7-17(19)3/h6,17-19H,4-5,7-15H2,1-3H3. The highest BCUT2D eigenvalue weighted by Gasteiger charge is 2.32. The minimum absolute atomic E-state index is 0.810. The van der Waals surface area contributed by atoms with E-state index in [2.05, 4.69) is 41.5 Å². The van der Waals surface area contributed by atoms with E-state index in [1.165, 1.54) is 71.6 Å². The second-order valence-electron chi connectivity index (χ2n) is 7.78. The zero-order valence-corrected chi connectivity index (χ0v) is 14.9. The smallest absolute Gasteiger partial charge is 0.0236 e. The molecule has 2 fully saturated rings. The maximum absolute atomic E-state index is 2.76. The van der Waals surface area contributed by atoms with Crippen LogP contribution >= 0.6 is 0 Å². The number of allylic oxidation sites excluding steroid dienone is 1. The average molecular weight is 306 g/mol. The number of likely N-dealkylation sites (tertiary alicyclic amines) is 1. The van der Waals surface area contributed by atoms with E-state index in [-0.39, 0.29) is 0 Å². The van der Waals surface area contributed by atoms with Gasteiger partial charge in [-0.3, -0.25) is 4.90 Å². The van der Waals surface area contributed by atoms with Gasteiger partial charge in [-0.1, -0.05) is 25.5 Å². The zero-order valence-electron chi connectivity index (χ0n) is 14.9. The van der Waals surface area contributed by atoms with Crippen molar-refractivity contribution in [1.29, 1.82) is 0 Å². The molecule has 2 aliphatic heterocycles. The molecule has 22 heavy (non-hydrogen) atoms. The van der Waals surface area contributed by atoms with Crippen molar-refractivity contribution in [1.82, 2.24) is 14.7 Å². The molecule has 0 aromatic rings. The third kappa shape index (κ3) is 3.74. The summed E-state index contributed by atoms with van der Waals surface area (Å²) in [6.45, 7) is 17.4. The van der Waals surface area contributed by atoms with Gasteiger partial charge in [-0.05, 0) is 51.1 Å². The van der Waals surface area contributed by atoms with Gasteiger partial charge in [-0.15, -0.1) is 0 Å². The molecule has 3 nitrogen and oxygen atoms in total. The van der Waals surface area contributed by atoms with Crippen LogP contribution in [0.2, 0.25) is 0 Å². The lowest BCUT2D eigenvalue weighted by Gasteiger charge is -2.38. The summed E-state index contributed by atoms with van der Waals surface area (Å²) in [4.78, 5) is 8.10. The first-order valence-electron chi connectivity index (χ1n) is 9.52. The fraction of sp³-hybridized carbons (Fsp3) is 0.895. The van der Waals surface area contributed by atoms with Crippen molar-refractivity contribution < 1.29 is 0 Å². The molecule has 0 spiro atoms. The van der Waals surface area contributed by atoms with Gasteiger partial charge in [0.05, 0.1) is 0 Å². The highest BCUT2D eigenvalue weighted by atomic mass is 15.3. The van der Waals surface area contributed by atoms with E-state index in [4.69, 9.17) is 0 Å². The summed E-state index contributed by atoms with van der Waals surface area (Å²) >= 11 is 0. The minimum Gasteiger partial charge on any atom is -0.301 e. The Kier molecular flexibility index (Phi) is 5.59. The first kappa shape index (κ1) is 16.5. The fourth-order valence-electron chi connectivity index (χ4n) is 4.70. The van der Waals surface area contributed by atoms with Crippen LogP contribution in [0.25, 0.3) is 0 Å². The van der Waals surface area contributed by atoms with E-state index in [1.54, 1.807) is 5.57 Å². The molecule has 1 aliphatic carbocycles. The first-order chi connectivity index (χ1) is 10.7. The van der Waals surface area contributed by atoms with Gasteiger partial charge in [-0.2, -0.15) is 0 Å². The molecule has 0 aromatic carbocycles. The van der Waals surface area contributed by atoms with E-state index in [9.17, 15) is 0 Å². The summed E-state index contributed by atoms with van der Waals surface area (Å²) in [5.41, 5.74) is 1.65. The molecule has 0 N–H and O–H groups in total. The number of likely N-dealkylation sites (N-methyl/N-ethyl adjacent to an activating group) is 1. The minimum atomic E-state index is 0.810. The Morgan fingerprint density at radius 1 is 1.05 bits per heavy atom. The van der Waals surface area contributed by atoms with Crippen molar-refractivity contribution >= 4 is 0 Å². The monoisotopic (exact) mass is 305 g/mol. The van der Waals surface area contributed by atoms with Crippen molar-refractivity contribution in [2.24, 2.45) is 11.8 Å². The van der Waals surface area contributed by atoms with Gasteiger partial charge in [0.25, 0.3) is 0 Å². The number of piperazine rings is 1. The molecular formula is C19H35N3. The van der Waals surface area contributed by atoms with Gasteiger partial charge in [-0.25, -0.2) is 0 Å². The van der Waals surface area contributed by atoms with Gasteiger partial charge in [0.1, 0.15) is 0 Å². The van der Waals surface area contributed by atoms with Gasteiger partial charge in [0, 0.05) is 45.3 Å². The number of hydrogen-bond acceptors (Lipinski definition) is 3. The van der Waals surface area contributed by atoms with Gasteiger partial charge in [0.15, 0.2) is 0 Å². The Morgan fingerprint density at radius 3 is 2.50 bits per heavy atom. The third-order valence-electron chi connectivity index (χ3n) is 6.43. The summed E-state index contributed by atoms with van der Waals surface area (Å²) in [6, 6.07) is 0.821. The van der Waals surface area contributed by atoms with Gasteiger partial charge >= 0.3 is 0 Å². The largest absolute Gasteiger partial charge is 0.301 e. The first-order valence-corrected chi connectivity index (χ1v) is 9.52. The fourth-order valence-corrected chi connectivity index (χ4v) is 4.70. The molecule has 0 radical (unpaired) electrons. The van der Waals surface area contributed by atoms with E-state index in [0.717, 1.165) is 17.9 Å². The molecular weight excluding hydrogens is 270 g/mol. The summed E-state index contributed by atoms with van der Waals surface area (Å²) in [6.07, 6.45) is 6.56. The van der Waals surface area contributed by atoms with Gasteiger partial charge in [0.2, 0.25) is 0 Å². The Bertz CT molecular complexity index is 384. The summed E-state index contributed by atoms with van der Waals surface area (Å²) in [7, 11) is 0. The number of rotatable bonds is 4. The lowest BCUT2D eigenvalue weighted by molar-refractivity contribution is 0.0994. The summed E-state index contributed by atoms with van der Waals surface area (Å²) in [5.74, 6) is 1.68. The number of nitrogens with zero attached hydrogens (tertiary/aromatic N) is 3. The second kappa shape index (κ2) is 7.46. The predicted molar refractivity (Wildman–Crippen MR) is 94.2 cm³/mol. The molecule has 3 rings (SSSR count). The van der Waals surface area contributed by atoms with Crippen molar-refractivity contribution in [3.63, 3.8) is 0 Å². The van der Waals surface area contributed by atoms with Crippen LogP contribution in [0.4, 0.5) is 0 Å². The molecule has 0 amide bonds.